The molecule has 0 aliphatic rings. The van der Waals surface area contributed by atoms with Crippen LogP contribution in [0.1, 0.15) is 0 Å². The van der Waals surface area contributed by atoms with E-state index >= 15 is 0 Å². The summed E-state index contributed by atoms with van der Waals surface area (Å²) in [7, 11) is -3.77. The fourth-order valence-corrected chi connectivity index (χ4v) is 5.82. The molecule has 1 aromatic heterocycles. The highest BCUT2D eigenvalue weighted by Gasteiger charge is 2.22. The van der Waals surface area contributed by atoms with Crippen molar-refractivity contribution >= 4 is 70.5 Å². The van der Waals surface area contributed by atoms with Crippen molar-refractivity contribution in [1.29, 1.82) is 0 Å². The van der Waals surface area contributed by atoms with E-state index in [1.165, 1.54) is 0 Å². The zero-order valence-electron chi connectivity index (χ0n) is 8.95. The highest BCUT2D eigenvalue weighted by atomic mass is 79.9. The lowest BCUT2D eigenvalue weighted by Gasteiger charge is -2.10. The first kappa shape index (κ1) is 15.2. The van der Waals surface area contributed by atoms with Gasteiger partial charge in [-0.15, -0.1) is 11.3 Å². The summed E-state index contributed by atoms with van der Waals surface area (Å²) < 4.78 is 40.6. The van der Waals surface area contributed by atoms with Gasteiger partial charge in [0.15, 0.2) is 4.21 Å². The van der Waals surface area contributed by atoms with Gasteiger partial charge in [0.25, 0.3) is 10.0 Å². The van der Waals surface area contributed by atoms with Crippen LogP contribution in [0, 0.1) is 5.82 Å². The van der Waals surface area contributed by atoms with Crippen LogP contribution in [0.15, 0.2) is 36.7 Å². The van der Waals surface area contributed by atoms with Crippen molar-refractivity contribution in [2.45, 2.75) is 4.21 Å². The minimum atomic E-state index is -3.77. The molecular formula is C10H5Br2ClFNO2S2. The Kier molecular flexibility index (Phi) is 4.56. The highest BCUT2D eigenvalue weighted by molar-refractivity contribution is 9.11. The molecule has 1 heterocycles. The van der Waals surface area contributed by atoms with Crippen LogP contribution in [-0.2, 0) is 10.0 Å². The fourth-order valence-electron chi connectivity index (χ4n) is 1.29. The zero-order chi connectivity index (χ0) is 14.2. The number of anilines is 1. The molecule has 0 aliphatic heterocycles. The van der Waals surface area contributed by atoms with Crippen molar-refractivity contribution < 1.29 is 12.8 Å². The average molecular weight is 450 g/mol. The van der Waals surface area contributed by atoms with Gasteiger partial charge in [-0.1, -0.05) is 11.6 Å². The molecule has 3 nitrogen and oxygen atoms in total. The van der Waals surface area contributed by atoms with Crippen LogP contribution in [0.25, 0.3) is 0 Å². The number of nitrogens with one attached hydrogen (secondary N) is 1. The molecule has 1 N–H and O–H groups in total. The molecule has 0 atom stereocenters. The Morgan fingerprint density at radius 3 is 2.47 bits per heavy atom. The van der Waals surface area contributed by atoms with Gasteiger partial charge in [0.2, 0.25) is 0 Å². The number of sulfonamides is 1. The van der Waals surface area contributed by atoms with Gasteiger partial charge in [-0.05, 0) is 55.4 Å². The summed E-state index contributed by atoms with van der Waals surface area (Å²) in [5.41, 5.74) is 0.100. The Balaban J connectivity index is 2.45. The average Bonchev–Trinajstić information content (AvgIpc) is 2.70. The molecule has 19 heavy (non-hydrogen) atoms. The van der Waals surface area contributed by atoms with Crippen LogP contribution in [0.2, 0.25) is 5.02 Å². The number of benzene rings is 1. The smallest absolute Gasteiger partial charge is 0.272 e. The summed E-state index contributed by atoms with van der Waals surface area (Å²) in [6, 6.07) is 3.79. The van der Waals surface area contributed by atoms with Gasteiger partial charge in [0, 0.05) is 8.95 Å². The molecule has 0 aliphatic carbocycles. The zero-order valence-corrected chi connectivity index (χ0v) is 14.5. The second-order valence-electron chi connectivity index (χ2n) is 3.41. The number of hydrogen-bond donors (Lipinski definition) is 1. The SMILES string of the molecule is O=S(=O)(Nc1c(Cl)cc(F)cc1Br)c1sccc1Br. The van der Waals surface area contributed by atoms with Gasteiger partial charge in [-0.3, -0.25) is 4.72 Å². The summed E-state index contributed by atoms with van der Waals surface area (Å²) in [6.07, 6.45) is 0. The van der Waals surface area contributed by atoms with Crippen molar-refractivity contribution in [2.24, 2.45) is 0 Å². The predicted molar refractivity (Wildman–Crippen MR) is 81.9 cm³/mol. The monoisotopic (exact) mass is 447 g/mol. The van der Waals surface area contributed by atoms with E-state index in [1.807, 2.05) is 0 Å². The summed E-state index contributed by atoms with van der Waals surface area (Å²) in [5.74, 6) is -0.558. The van der Waals surface area contributed by atoms with Crippen LogP contribution in [-0.4, -0.2) is 8.42 Å². The Morgan fingerprint density at radius 1 is 1.26 bits per heavy atom. The predicted octanol–water partition coefficient (Wildman–Crippen LogP) is 4.87. The van der Waals surface area contributed by atoms with E-state index in [-0.39, 0.29) is 19.4 Å². The summed E-state index contributed by atoms with van der Waals surface area (Å²) >= 11 is 13.1. The molecular weight excluding hydrogens is 445 g/mol. The molecule has 0 fully saturated rings. The molecule has 2 rings (SSSR count). The maximum Gasteiger partial charge on any atom is 0.272 e. The Labute approximate surface area is 135 Å². The lowest BCUT2D eigenvalue weighted by Crippen LogP contribution is -2.13. The molecule has 0 saturated heterocycles. The third kappa shape index (κ3) is 3.30. The van der Waals surface area contributed by atoms with Crippen molar-refractivity contribution in [3.63, 3.8) is 0 Å². The van der Waals surface area contributed by atoms with Gasteiger partial charge in [0.1, 0.15) is 5.82 Å². The first-order valence-corrected chi connectivity index (χ1v) is 9.04. The van der Waals surface area contributed by atoms with E-state index < -0.39 is 15.8 Å². The molecule has 102 valence electrons. The van der Waals surface area contributed by atoms with Crippen molar-refractivity contribution in [2.75, 3.05) is 4.72 Å². The Hall–Kier alpha value is -0.150. The molecule has 0 bridgehead atoms. The lowest BCUT2D eigenvalue weighted by molar-refractivity contribution is 0.602. The third-order valence-corrected chi connectivity index (χ3v) is 7.02. The normalized spacial score (nSPS) is 11.6. The minimum Gasteiger partial charge on any atom is -0.276 e. The van der Waals surface area contributed by atoms with Gasteiger partial charge in [-0.2, -0.15) is 0 Å². The molecule has 0 radical (unpaired) electrons. The molecule has 2 aromatic rings. The van der Waals surface area contributed by atoms with Crippen LogP contribution in [0.3, 0.4) is 0 Å². The maximum absolute atomic E-state index is 13.1. The van der Waals surface area contributed by atoms with E-state index in [4.69, 9.17) is 11.6 Å². The standard InChI is InChI=1S/C10H5Br2ClFNO2S2/c11-6-1-2-18-10(6)19(16,17)15-9-7(12)3-5(14)4-8(9)13/h1-4,15H. The lowest BCUT2D eigenvalue weighted by atomic mass is 10.3. The van der Waals surface area contributed by atoms with Gasteiger partial charge in [0.05, 0.1) is 10.7 Å². The van der Waals surface area contributed by atoms with Crippen molar-refractivity contribution in [3.05, 3.63) is 43.4 Å². The van der Waals surface area contributed by atoms with E-state index in [0.29, 0.717) is 4.47 Å². The topological polar surface area (TPSA) is 46.2 Å². The molecule has 9 heteroatoms. The molecule has 0 amide bonds. The second kappa shape index (κ2) is 5.69. The minimum absolute atomic E-state index is 0.0249. The first-order valence-electron chi connectivity index (χ1n) is 4.71. The van der Waals surface area contributed by atoms with E-state index in [2.05, 4.69) is 36.6 Å². The largest absolute Gasteiger partial charge is 0.276 e. The van der Waals surface area contributed by atoms with E-state index in [1.54, 1.807) is 11.4 Å². The molecule has 0 saturated carbocycles. The maximum atomic E-state index is 13.1. The summed E-state index contributed by atoms with van der Waals surface area (Å²) in [4.78, 5) is 0. The second-order valence-corrected chi connectivity index (χ2v) is 8.32. The number of thiophene rings is 1. The van der Waals surface area contributed by atoms with Crippen molar-refractivity contribution in [3.8, 4) is 0 Å². The van der Waals surface area contributed by atoms with E-state index in [9.17, 15) is 12.8 Å². The van der Waals surface area contributed by atoms with Crippen LogP contribution in [0.4, 0.5) is 10.1 Å². The highest BCUT2D eigenvalue weighted by Crippen LogP contribution is 2.35. The Bertz CT molecular complexity index is 710. The number of halogens is 4. The Morgan fingerprint density at radius 2 is 1.95 bits per heavy atom. The van der Waals surface area contributed by atoms with Gasteiger partial charge in [-0.25, -0.2) is 12.8 Å². The number of rotatable bonds is 3. The number of hydrogen-bond acceptors (Lipinski definition) is 3. The molecule has 1 aromatic carbocycles. The van der Waals surface area contributed by atoms with Gasteiger partial charge < -0.3 is 0 Å². The third-order valence-electron chi connectivity index (χ3n) is 2.07. The molecule has 0 unspecified atom stereocenters. The summed E-state index contributed by atoms with van der Waals surface area (Å²) in [5, 5.41) is 1.61. The molecule has 0 spiro atoms. The van der Waals surface area contributed by atoms with Crippen molar-refractivity contribution in [1.82, 2.24) is 0 Å². The van der Waals surface area contributed by atoms with Crippen LogP contribution < -0.4 is 4.72 Å². The fraction of sp³-hybridized carbons (Fsp3) is 0. The quantitative estimate of drug-likeness (QED) is 0.727. The van der Waals surface area contributed by atoms with Crippen LogP contribution >= 0.6 is 54.8 Å². The van der Waals surface area contributed by atoms with Gasteiger partial charge >= 0.3 is 0 Å². The summed E-state index contributed by atoms with van der Waals surface area (Å²) in [6.45, 7) is 0. The first-order chi connectivity index (χ1) is 8.81. The van der Waals surface area contributed by atoms with E-state index in [0.717, 1.165) is 23.5 Å². The van der Waals surface area contributed by atoms with Crippen LogP contribution in [0.5, 0.6) is 0 Å².